The van der Waals surface area contributed by atoms with Crippen LogP contribution in [0.2, 0.25) is 0 Å². The average Bonchev–Trinajstić information content (AvgIpc) is 3.00. The number of carbonyl (C=O) groups excluding carboxylic acids is 1. The predicted molar refractivity (Wildman–Crippen MR) is 133 cm³/mol. The van der Waals surface area contributed by atoms with Crippen molar-refractivity contribution >= 4 is 16.7 Å². The summed E-state index contributed by atoms with van der Waals surface area (Å²) in [6.07, 6.45) is -2.43. The first-order valence-electron chi connectivity index (χ1n) is 11.3. The number of hydrogen-bond acceptors (Lipinski definition) is 12. The standard InChI is InChI=1S/C27H20O12/c28-13-7-16(30)14-9-21(26(38-20(14)8-13)10-1-2-15(29)17(31)4-10)39-27(37)12-3-11-5-19(33)24(35)25(36)22(11)23(34)18(32)6-12/h1-8,21,26,28-31,33,35-36H,9H2,(H,32,34)/t21-,26?/m1/s1. The molecule has 12 heteroatoms. The van der Waals surface area contributed by atoms with E-state index in [-0.39, 0.29) is 45.7 Å². The third kappa shape index (κ3) is 4.33. The molecule has 12 nitrogen and oxygen atoms in total. The second-order valence-electron chi connectivity index (χ2n) is 8.89. The zero-order chi connectivity index (χ0) is 28.2. The summed E-state index contributed by atoms with van der Waals surface area (Å²) in [5.41, 5.74) is -1.05. The molecule has 1 aliphatic rings. The Labute approximate surface area is 218 Å². The highest BCUT2D eigenvalue weighted by molar-refractivity contribution is 5.98. The Balaban J connectivity index is 1.59. The second kappa shape index (κ2) is 9.10. The van der Waals surface area contributed by atoms with Crippen LogP contribution in [0.1, 0.15) is 27.6 Å². The lowest BCUT2D eigenvalue weighted by atomic mass is 9.93. The third-order valence-electron chi connectivity index (χ3n) is 6.34. The van der Waals surface area contributed by atoms with Crippen molar-refractivity contribution in [3.05, 3.63) is 75.4 Å². The van der Waals surface area contributed by atoms with Crippen molar-refractivity contribution in [2.45, 2.75) is 18.6 Å². The fourth-order valence-electron chi connectivity index (χ4n) is 4.44. The van der Waals surface area contributed by atoms with Crippen LogP contribution in [-0.4, -0.2) is 52.9 Å². The number of aromatic hydroxyl groups is 8. The quantitative estimate of drug-likeness (QED) is 0.140. The van der Waals surface area contributed by atoms with Gasteiger partial charge in [0.25, 0.3) is 0 Å². The summed E-state index contributed by atoms with van der Waals surface area (Å²) in [5.74, 6) is -6.27. The summed E-state index contributed by atoms with van der Waals surface area (Å²) in [5, 5.41) is 79.3. The van der Waals surface area contributed by atoms with Gasteiger partial charge in [0.15, 0.2) is 34.9 Å². The number of benzene rings is 3. The van der Waals surface area contributed by atoms with E-state index in [0.717, 1.165) is 24.3 Å². The molecule has 0 saturated carbocycles. The fraction of sp³-hybridized carbons (Fsp3) is 0.111. The van der Waals surface area contributed by atoms with Crippen LogP contribution in [0.5, 0.6) is 51.7 Å². The maximum atomic E-state index is 13.3. The lowest BCUT2D eigenvalue weighted by Gasteiger charge is -2.34. The van der Waals surface area contributed by atoms with Crippen LogP contribution in [0.3, 0.4) is 0 Å². The number of phenols is 7. The van der Waals surface area contributed by atoms with E-state index in [0.29, 0.717) is 0 Å². The largest absolute Gasteiger partial charge is 0.508 e. The van der Waals surface area contributed by atoms with E-state index in [9.17, 15) is 50.4 Å². The monoisotopic (exact) mass is 536 g/mol. The summed E-state index contributed by atoms with van der Waals surface area (Å²) < 4.78 is 11.6. The van der Waals surface area contributed by atoms with Crippen molar-refractivity contribution in [1.29, 1.82) is 0 Å². The van der Waals surface area contributed by atoms with Crippen molar-refractivity contribution in [3.8, 4) is 51.7 Å². The first-order valence-corrected chi connectivity index (χ1v) is 11.3. The average molecular weight is 536 g/mol. The van der Waals surface area contributed by atoms with E-state index in [1.165, 1.54) is 24.3 Å². The highest BCUT2D eigenvalue weighted by atomic mass is 16.6. The Morgan fingerprint density at radius 2 is 1.51 bits per heavy atom. The molecule has 39 heavy (non-hydrogen) atoms. The topological polar surface area (TPSA) is 214 Å². The first-order chi connectivity index (χ1) is 18.4. The molecule has 0 saturated heterocycles. The Morgan fingerprint density at radius 3 is 2.23 bits per heavy atom. The molecule has 4 aromatic carbocycles. The molecule has 0 fully saturated rings. The van der Waals surface area contributed by atoms with Crippen molar-refractivity contribution in [3.63, 3.8) is 0 Å². The summed E-state index contributed by atoms with van der Waals surface area (Å²) in [6, 6.07) is 8.82. The van der Waals surface area contributed by atoms with Crippen molar-refractivity contribution in [2.75, 3.05) is 0 Å². The molecule has 1 heterocycles. The van der Waals surface area contributed by atoms with Gasteiger partial charge in [0.1, 0.15) is 23.4 Å². The van der Waals surface area contributed by atoms with Crippen LogP contribution in [0.25, 0.3) is 10.8 Å². The molecule has 2 atom stereocenters. The van der Waals surface area contributed by atoms with Gasteiger partial charge in [0.05, 0.1) is 10.9 Å². The number of carbonyl (C=O) groups is 1. The Hall–Kier alpha value is -5.52. The van der Waals surface area contributed by atoms with Gasteiger partial charge in [-0.05, 0) is 35.7 Å². The van der Waals surface area contributed by atoms with Gasteiger partial charge in [-0.2, -0.15) is 0 Å². The molecule has 0 bridgehead atoms. The van der Waals surface area contributed by atoms with Crippen LogP contribution in [-0.2, 0) is 11.2 Å². The zero-order valence-electron chi connectivity index (χ0n) is 19.7. The van der Waals surface area contributed by atoms with Crippen molar-refractivity contribution in [2.24, 2.45) is 0 Å². The Bertz CT molecular complexity index is 1730. The highest BCUT2D eigenvalue weighted by Gasteiger charge is 2.37. The van der Waals surface area contributed by atoms with E-state index in [2.05, 4.69) is 0 Å². The van der Waals surface area contributed by atoms with E-state index in [1.54, 1.807) is 0 Å². The predicted octanol–water partition coefficient (Wildman–Crippen LogP) is 2.75. The van der Waals surface area contributed by atoms with Crippen LogP contribution in [0.4, 0.5) is 0 Å². The van der Waals surface area contributed by atoms with Crippen molar-refractivity contribution in [1.82, 2.24) is 0 Å². The van der Waals surface area contributed by atoms with Gasteiger partial charge in [-0.3, -0.25) is 4.79 Å². The van der Waals surface area contributed by atoms with Crippen LogP contribution >= 0.6 is 0 Å². The highest BCUT2D eigenvalue weighted by Crippen LogP contribution is 2.44. The molecular formula is C27H20O12. The molecule has 200 valence electrons. The fourth-order valence-corrected chi connectivity index (χ4v) is 4.44. The molecule has 8 N–H and O–H groups in total. The molecule has 1 aliphatic heterocycles. The summed E-state index contributed by atoms with van der Waals surface area (Å²) in [6.45, 7) is 0. The Kier molecular flexibility index (Phi) is 5.87. The lowest BCUT2D eigenvalue weighted by Crippen LogP contribution is -2.34. The minimum Gasteiger partial charge on any atom is -0.508 e. The second-order valence-corrected chi connectivity index (χ2v) is 8.89. The van der Waals surface area contributed by atoms with Gasteiger partial charge in [0, 0.05) is 29.7 Å². The smallest absolute Gasteiger partial charge is 0.338 e. The maximum Gasteiger partial charge on any atom is 0.338 e. The summed E-state index contributed by atoms with van der Waals surface area (Å²) >= 11 is 0. The van der Waals surface area contributed by atoms with Gasteiger partial charge in [-0.1, -0.05) is 6.07 Å². The SMILES string of the molecule is O=C(O[C@@H]1Cc2c(O)cc(O)cc2OC1c1ccc(O)c(O)c1)c1cc(O)c(=O)c2c(O)c(O)c(O)cc2c1. The van der Waals surface area contributed by atoms with Gasteiger partial charge >= 0.3 is 5.97 Å². The zero-order valence-corrected chi connectivity index (χ0v) is 19.7. The van der Waals surface area contributed by atoms with Crippen LogP contribution in [0, 0.1) is 0 Å². The van der Waals surface area contributed by atoms with E-state index in [1.807, 2.05) is 0 Å². The maximum absolute atomic E-state index is 13.3. The van der Waals surface area contributed by atoms with E-state index in [4.69, 9.17) is 9.47 Å². The van der Waals surface area contributed by atoms with E-state index >= 15 is 0 Å². The number of rotatable bonds is 3. The van der Waals surface area contributed by atoms with Gasteiger partial charge in [0.2, 0.25) is 11.2 Å². The molecular weight excluding hydrogens is 516 g/mol. The minimum atomic E-state index is -1.18. The molecule has 0 amide bonds. The summed E-state index contributed by atoms with van der Waals surface area (Å²) in [7, 11) is 0. The number of hydrogen-bond donors (Lipinski definition) is 8. The lowest BCUT2D eigenvalue weighted by molar-refractivity contribution is -0.0188. The molecule has 4 aromatic rings. The minimum absolute atomic E-state index is 0.0777. The van der Waals surface area contributed by atoms with Gasteiger partial charge in [-0.15, -0.1) is 0 Å². The first kappa shape index (κ1) is 25.1. The molecule has 0 aromatic heterocycles. The van der Waals surface area contributed by atoms with Gasteiger partial charge in [-0.25, -0.2) is 4.79 Å². The number of ether oxygens (including phenoxy) is 2. The van der Waals surface area contributed by atoms with Crippen LogP contribution < -0.4 is 10.2 Å². The number of fused-ring (bicyclic) bond motifs is 2. The number of esters is 1. The summed E-state index contributed by atoms with van der Waals surface area (Å²) in [4.78, 5) is 25.9. The van der Waals surface area contributed by atoms with Crippen molar-refractivity contribution < 1.29 is 55.1 Å². The Morgan fingerprint density at radius 1 is 0.769 bits per heavy atom. The molecule has 0 aliphatic carbocycles. The molecule has 0 spiro atoms. The number of phenolic OH excluding ortho intramolecular Hbond substituents is 7. The normalized spacial score (nSPS) is 16.3. The molecule has 0 radical (unpaired) electrons. The molecule has 5 rings (SSSR count). The molecule has 1 unspecified atom stereocenters. The van der Waals surface area contributed by atoms with Crippen LogP contribution in [0.15, 0.2) is 53.3 Å². The van der Waals surface area contributed by atoms with Gasteiger partial charge < -0.3 is 50.3 Å². The third-order valence-corrected chi connectivity index (χ3v) is 6.34. The van der Waals surface area contributed by atoms with E-state index < -0.39 is 63.5 Å².